The van der Waals surface area contributed by atoms with Crippen molar-refractivity contribution in [3.8, 4) is 0 Å². The van der Waals surface area contributed by atoms with E-state index in [2.05, 4.69) is 31.0 Å². The van der Waals surface area contributed by atoms with E-state index in [1.165, 1.54) is 13.0 Å². The molecule has 2 aliphatic rings. The molecule has 1 heterocycles. The minimum absolute atomic E-state index is 0.142. The lowest BCUT2D eigenvalue weighted by Gasteiger charge is -2.31. The molecule has 116 valence electrons. The molecular weight excluding hydrogens is 250 g/mol. The Labute approximate surface area is 123 Å². The number of rotatable bonds is 4. The molecule has 1 aliphatic heterocycles. The van der Waals surface area contributed by atoms with E-state index in [4.69, 9.17) is 5.73 Å². The molecule has 20 heavy (non-hydrogen) atoms. The van der Waals surface area contributed by atoms with Gasteiger partial charge < -0.3 is 16.0 Å². The van der Waals surface area contributed by atoms with Gasteiger partial charge in [0.2, 0.25) is 5.91 Å². The number of nitrogens with zero attached hydrogens (tertiary/aromatic N) is 1. The fourth-order valence-corrected chi connectivity index (χ4v) is 3.48. The van der Waals surface area contributed by atoms with Crippen molar-refractivity contribution < 1.29 is 4.79 Å². The van der Waals surface area contributed by atoms with Gasteiger partial charge in [-0.05, 0) is 57.9 Å². The highest BCUT2D eigenvalue weighted by atomic mass is 16.1. The summed E-state index contributed by atoms with van der Waals surface area (Å²) in [5.74, 6) is 1.56. The van der Waals surface area contributed by atoms with Gasteiger partial charge in [0.25, 0.3) is 0 Å². The summed E-state index contributed by atoms with van der Waals surface area (Å²) in [6.45, 7) is 9.81. The summed E-state index contributed by atoms with van der Waals surface area (Å²) in [6.07, 6.45) is 4.16. The van der Waals surface area contributed by atoms with Crippen molar-refractivity contribution in [2.45, 2.75) is 58.5 Å². The molecule has 1 amide bonds. The summed E-state index contributed by atoms with van der Waals surface area (Å²) in [6, 6.07) is 0.816. The summed E-state index contributed by atoms with van der Waals surface area (Å²) in [5, 5.41) is 3.17. The van der Waals surface area contributed by atoms with Crippen molar-refractivity contribution in [3.63, 3.8) is 0 Å². The van der Waals surface area contributed by atoms with Crippen LogP contribution in [0.1, 0.15) is 46.5 Å². The Hall–Kier alpha value is -0.610. The summed E-state index contributed by atoms with van der Waals surface area (Å²) in [7, 11) is 0. The minimum Gasteiger partial charge on any atom is -0.356 e. The third kappa shape index (κ3) is 3.95. The van der Waals surface area contributed by atoms with E-state index in [1.54, 1.807) is 0 Å². The maximum absolute atomic E-state index is 12.2. The van der Waals surface area contributed by atoms with Crippen LogP contribution in [0.25, 0.3) is 0 Å². The third-order valence-corrected chi connectivity index (χ3v) is 5.24. The molecule has 0 aromatic heterocycles. The van der Waals surface area contributed by atoms with Crippen LogP contribution in [0.3, 0.4) is 0 Å². The van der Waals surface area contributed by atoms with Gasteiger partial charge in [0.05, 0.1) is 0 Å². The van der Waals surface area contributed by atoms with Crippen molar-refractivity contribution in [2.75, 3.05) is 19.6 Å². The highest BCUT2D eigenvalue weighted by molar-refractivity contribution is 5.78. The van der Waals surface area contributed by atoms with Gasteiger partial charge in [-0.2, -0.15) is 0 Å². The molecule has 4 atom stereocenters. The van der Waals surface area contributed by atoms with Crippen molar-refractivity contribution in [2.24, 2.45) is 23.5 Å². The van der Waals surface area contributed by atoms with Crippen LogP contribution in [0.5, 0.6) is 0 Å². The molecule has 0 spiro atoms. The van der Waals surface area contributed by atoms with Crippen molar-refractivity contribution in [1.82, 2.24) is 10.2 Å². The highest BCUT2D eigenvalue weighted by Crippen LogP contribution is 2.28. The Bertz CT molecular complexity index is 332. The van der Waals surface area contributed by atoms with E-state index in [1.807, 2.05) is 0 Å². The van der Waals surface area contributed by atoms with E-state index in [9.17, 15) is 4.79 Å². The lowest BCUT2D eigenvalue weighted by atomic mass is 9.79. The molecule has 4 unspecified atom stereocenters. The van der Waals surface area contributed by atoms with E-state index in [-0.39, 0.29) is 17.9 Å². The molecular formula is C16H31N3O. The maximum atomic E-state index is 12.2. The Balaban J connectivity index is 1.71. The van der Waals surface area contributed by atoms with Gasteiger partial charge in [-0.15, -0.1) is 0 Å². The monoisotopic (exact) mass is 281 g/mol. The molecule has 4 nitrogen and oxygen atoms in total. The minimum atomic E-state index is 0.142. The zero-order chi connectivity index (χ0) is 14.7. The predicted octanol–water partition coefficient (Wildman–Crippen LogP) is 1.60. The molecule has 1 aliphatic carbocycles. The molecule has 1 saturated heterocycles. The molecule has 0 aromatic carbocycles. The first-order chi connectivity index (χ1) is 9.47. The topological polar surface area (TPSA) is 58.4 Å². The molecule has 0 aromatic rings. The van der Waals surface area contributed by atoms with E-state index >= 15 is 0 Å². The lowest BCUT2D eigenvalue weighted by molar-refractivity contribution is -0.126. The van der Waals surface area contributed by atoms with Gasteiger partial charge in [0.1, 0.15) is 0 Å². The fourth-order valence-electron chi connectivity index (χ4n) is 3.48. The van der Waals surface area contributed by atoms with Gasteiger partial charge in [-0.1, -0.05) is 6.92 Å². The second kappa shape index (κ2) is 6.90. The SMILES string of the molecule is CC1CCC(C(=O)NCC2CCN(C(C)C)C2)CC1N. The summed E-state index contributed by atoms with van der Waals surface area (Å²) >= 11 is 0. The van der Waals surface area contributed by atoms with Crippen molar-refractivity contribution >= 4 is 5.91 Å². The first-order valence-corrected chi connectivity index (χ1v) is 8.24. The molecule has 2 fully saturated rings. The van der Waals surface area contributed by atoms with Crippen LogP contribution in [-0.2, 0) is 4.79 Å². The largest absolute Gasteiger partial charge is 0.356 e. The van der Waals surface area contributed by atoms with Crippen LogP contribution in [-0.4, -0.2) is 42.5 Å². The number of carbonyl (C=O) groups excluding carboxylic acids is 1. The van der Waals surface area contributed by atoms with Crippen molar-refractivity contribution in [1.29, 1.82) is 0 Å². The van der Waals surface area contributed by atoms with Crippen LogP contribution in [0.4, 0.5) is 0 Å². The zero-order valence-corrected chi connectivity index (χ0v) is 13.3. The standard InChI is InChI=1S/C16H31N3O/c1-11(2)19-7-6-13(10-19)9-18-16(20)14-5-4-12(3)15(17)8-14/h11-15H,4-10,17H2,1-3H3,(H,18,20). The van der Waals surface area contributed by atoms with E-state index < -0.39 is 0 Å². The number of nitrogens with two attached hydrogens (primary N) is 1. The molecule has 0 bridgehead atoms. The number of nitrogens with one attached hydrogen (secondary N) is 1. The number of hydrogen-bond acceptors (Lipinski definition) is 3. The highest BCUT2D eigenvalue weighted by Gasteiger charge is 2.30. The van der Waals surface area contributed by atoms with Crippen LogP contribution >= 0.6 is 0 Å². The summed E-state index contributed by atoms with van der Waals surface area (Å²) < 4.78 is 0. The van der Waals surface area contributed by atoms with Gasteiger partial charge in [0.15, 0.2) is 0 Å². The number of amides is 1. The average Bonchev–Trinajstić information content (AvgIpc) is 2.88. The Kier molecular flexibility index (Phi) is 5.44. The van der Waals surface area contributed by atoms with Gasteiger partial charge in [-0.25, -0.2) is 0 Å². The van der Waals surface area contributed by atoms with Gasteiger partial charge in [-0.3, -0.25) is 4.79 Å². The number of carbonyl (C=O) groups is 1. The van der Waals surface area contributed by atoms with Crippen LogP contribution in [0.15, 0.2) is 0 Å². The van der Waals surface area contributed by atoms with E-state index in [0.717, 1.165) is 32.4 Å². The second-order valence-electron chi connectivity index (χ2n) is 7.14. The van der Waals surface area contributed by atoms with Crippen LogP contribution in [0, 0.1) is 17.8 Å². The number of likely N-dealkylation sites (tertiary alicyclic amines) is 1. The fraction of sp³-hybridized carbons (Fsp3) is 0.938. The normalized spacial score (nSPS) is 35.5. The molecule has 1 saturated carbocycles. The summed E-state index contributed by atoms with van der Waals surface area (Å²) in [4.78, 5) is 14.7. The van der Waals surface area contributed by atoms with Crippen LogP contribution in [0.2, 0.25) is 0 Å². The quantitative estimate of drug-likeness (QED) is 0.823. The Morgan fingerprint density at radius 2 is 2.10 bits per heavy atom. The third-order valence-electron chi connectivity index (χ3n) is 5.24. The predicted molar refractivity (Wildman–Crippen MR) is 82.3 cm³/mol. The first-order valence-electron chi connectivity index (χ1n) is 8.24. The first kappa shape index (κ1) is 15.8. The van der Waals surface area contributed by atoms with Gasteiger partial charge >= 0.3 is 0 Å². The molecule has 2 rings (SSSR count). The Morgan fingerprint density at radius 3 is 2.70 bits per heavy atom. The van der Waals surface area contributed by atoms with E-state index in [0.29, 0.717) is 17.9 Å². The number of hydrogen-bond donors (Lipinski definition) is 2. The summed E-state index contributed by atoms with van der Waals surface area (Å²) in [5.41, 5.74) is 6.09. The molecule has 0 radical (unpaired) electrons. The lowest BCUT2D eigenvalue weighted by Crippen LogP contribution is -2.42. The Morgan fingerprint density at radius 1 is 1.35 bits per heavy atom. The average molecular weight is 281 g/mol. The molecule has 4 heteroatoms. The molecule has 3 N–H and O–H groups in total. The van der Waals surface area contributed by atoms with Gasteiger partial charge in [0, 0.05) is 31.1 Å². The van der Waals surface area contributed by atoms with Crippen molar-refractivity contribution in [3.05, 3.63) is 0 Å². The van der Waals surface area contributed by atoms with Crippen LogP contribution < -0.4 is 11.1 Å². The zero-order valence-electron chi connectivity index (χ0n) is 13.3. The second-order valence-corrected chi connectivity index (χ2v) is 7.14. The maximum Gasteiger partial charge on any atom is 0.223 e. The smallest absolute Gasteiger partial charge is 0.223 e.